The molecule has 4 rings (SSSR count). The van der Waals surface area contributed by atoms with Crippen LogP contribution < -0.4 is 5.32 Å². The number of esters is 1. The third kappa shape index (κ3) is 4.49. The van der Waals surface area contributed by atoms with Crippen LogP contribution in [0.4, 0.5) is 10.8 Å². The Balaban J connectivity index is 1.51. The highest BCUT2D eigenvalue weighted by atomic mass is 32.1. The van der Waals surface area contributed by atoms with Gasteiger partial charge in [0.05, 0.1) is 26.8 Å². The number of fused-ring (bicyclic) bond motifs is 1. The van der Waals surface area contributed by atoms with Crippen LogP contribution in [0, 0.1) is 10.1 Å². The van der Waals surface area contributed by atoms with Gasteiger partial charge >= 0.3 is 5.97 Å². The number of nitrogens with zero attached hydrogens (tertiary/aromatic N) is 2. The average Bonchev–Trinajstić information content (AvgIpc) is 3.39. The molecule has 1 N–H and O–H groups in total. The lowest BCUT2D eigenvalue weighted by Crippen LogP contribution is -2.11. The van der Waals surface area contributed by atoms with E-state index in [-0.39, 0.29) is 17.6 Å². The Bertz CT molecular complexity index is 1340. The van der Waals surface area contributed by atoms with Gasteiger partial charge in [-0.15, -0.1) is 0 Å². The number of nitrogens with one attached hydrogen (secondary N) is 1. The maximum Gasteiger partial charge on any atom is 0.338 e. The first kappa shape index (κ1) is 21.2. The van der Waals surface area contributed by atoms with Gasteiger partial charge in [0, 0.05) is 17.7 Å². The van der Waals surface area contributed by atoms with Crippen molar-refractivity contribution in [1.82, 2.24) is 4.98 Å². The summed E-state index contributed by atoms with van der Waals surface area (Å²) < 4.78 is 11.5. The molecule has 0 fully saturated rings. The molecule has 0 aliphatic carbocycles. The first-order valence-corrected chi connectivity index (χ1v) is 10.4. The fourth-order valence-electron chi connectivity index (χ4n) is 2.93. The molecule has 0 spiro atoms. The quantitative estimate of drug-likeness (QED) is 0.240. The number of benzene rings is 2. The van der Waals surface area contributed by atoms with E-state index in [1.165, 1.54) is 29.5 Å². The smallest absolute Gasteiger partial charge is 0.338 e. The van der Waals surface area contributed by atoms with E-state index >= 15 is 0 Å². The first-order chi connectivity index (χ1) is 15.3. The van der Waals surface area contributed by atoms with Crippen LogP contribution in [0.1, 0.15) is 34.8 Å². The third-order valence-corrected chi connectivity index (χ3v) is 5.29. The molecule has 2 aromatic heterocycles. The summed E-state index contributed by atoms with van der Waals surface area (Å²) in [6.07, 6.45) is -0.227. The van der Waals surface area contributed by atoms with Crippen molar-refractivity contribution in [3.05, 3.63) is 76.0 Å². The molecule has 0 saturated heterocycles. The molecule has 4 aromatic rings. The van der Waals surface area contributed by atoms with Crippen LogP contribution in [0.5, 0.6) is 0 Å². The highest BCUT2D eigenvalue weighted by molar-refractivity contribution is 7.22. The number of non-ortho nitro benzene ring substituents is 1. The second kappa shape index (κ2) is 8.60. The van der Waals surface area contributed by atoms with Gasteiger partial charge in [0.1, 0.15) is 5.76 Å². The molecule has 0 unspecified atom stereocenters. The lowest BCUT2D eigenvalue weighted by atomic mass is 10.1. The molecule has 162 valence electrons. The van der Waals surface area contributed by atoms with Crippen LogP contribution in [0.2, 0.25) is 0 Å². The third-order valence-electron chi connectivity index (χ3n) is 4.36. The van der Waals surface area contributed by atoms with Crippen molar-refractivity contribution >= 4 is 44.2 Å². The van der Waals surface area contributed by atoms with Gasteiger partial charge in [0.25, 0.3) is 11.6 Å². The molecule has 1 amide bonds. The van der Waals surface area contributed by atoms with E-state index < -0.39 is 16.8 Å². The fraction of sp³-hybridized carbons (Fsp3) is 0.136. The zero-order valence-corrected chi connectivity index (χ0v) is 17.8. The lowest BCUT2D eigenvalue weighted by Gasteiger charge is -2.07. The van der Waals surface area contributed by atoms with Gasteiger partial charge in [-0.05, 0) is 44.2 Å². The Morgan fingerprint density at radius 1 is 1.16 bits per heavy atom. The van der Waals surface area contributed by atoms with Crippen LogP contribution in [-0.2, 0) is 4.74 Å². The Morgan fingerprint density at radius 3 is 2.72 bits per heavy atom. The second-order valence-corrected chi connectivity index (χ2v) is 8.11. The Labute approximate surface area is 185 Å². The summed E-state index contributed by atoms with van der Waals surface area (Å²) in [6, 6.07) is 14.0. The number of anilines is 1. The normalized spacial score (nSPS) is 11.0. The number of thiazole rings is 1. The van der Waals surface area contributed by atoms with Crippen LogP contribution in [0.3, 0.4) is 0 Å². The molecule has 0 saturated carbocycles. The molecule has 0 radical (unpaired) electrons. The molecule has 32 heavy (non-hydrogen) atoms. The summed E-state index contributed by atoms with van der Waals surface area (Å²) in [5, 5.41) is 14.0. The maximum atomic E-state index is 12.6. The number of nitro groups is 1. The molecule has 9 nitrogen and oxygen atoms in total. The number of ether oxygens (including phenoxy) is 1. The lowest BCUT2D eigenvalue weighted by molar-refractivity contribution is -0.384. The van der Waals surface area contributed by atoms with Crippen molar-refractivity contribution < 1.29 is 23.7 Å². The average molecular weight is 451 g/mol. The van der Waals surface area contributed by atoms with Crippen LogP contribution in [0.25, 0.3) is 21.5 Å². The summed E-state index contributed by atoms with van der Waals surface area (Å²) in [5.74, 6) is -0.575. The van der Waals surface area contributed by atoms with E-state index in [4.69, 9.17) is 9.15 Å². The van der Waals surface area contributed by atoms with Crippen LogP contribution in [0.15, 0.2) is 59.0 Å². The van der Waals surface area contributed by atoms with Gasteiger partial charge in [-0.1, -0.05) is 23.5 Å². The number of carbonyl (C=O) groups is 2. The highest BCUT2D eigenvalue weighted by Gasteiger charge is 2.17. The summed E-state index contributed by atoms with van der Waals surface area (Å²) in [4.78, 5) is 39.5. The van der Waals surface area contributed by atoms with Gasteiger partial charge < -0.3 is 9.15 Å². The summed E-state index contributed by atoms with van der Waals surface area (Å²) in [6.45, 7) is 3.55. The van der Waals surface area contributed by atoms with Crippen molar-refractivity contribution in [2.75, 3.05) is 5.32 Å². The second-order valence-electron chi connectivity index (χ2n) is 7.08. The molecule has 0 aliphatic heterocycles. The Morgan fingerprint density at radius 2 is 1.97 bits per heavy atom. The van der Waals surface area contributed by atoms with E-state index in [0.717, 1.165) is 4.70 Å². The van der Waals surface area contributed by atoms with Gasteiger partial charge in [0.2, 0.25) is 0 Å². The number of aromatic nitrogens is 1. The largest absolute Gasteiger partial charge is 0.459 e. The van der Waals surface area contributed by atoms with Crippen molar-refractivity contribution in [3.63, 3.8) is 0 Å². The van der Waals surface area contributed by atoms with Gasteiger partial charge in [0.15, 0.2) is 10.9 Å². The summed E-state index contributed by atoms with van der Waals surface area (Å²) in [7, 11) is 0. The number of amides is 1. The first-order valence-electron chi connectivity index (χ1n) is 9.58. The van der Waals surface area contributed by atoms with Crippen LogP contribution in [-0.4, -0.2) is 27.9 Å². The minimum absolute atomic E-state index is 0.0342. The minimum atomic E-state index is -0.514. The zero-order chi connectivity index (χ0) is 22.8. The summed E-state index contributed by atoms with van der Waals surface area (Å²) >= 11 is 1.21. The van der Waals surface area contributed by atoms with Gasteiger partial charge in [-0.2, -0.15) is 0 Å². The number of rotatable bonds is 6. The monoisotopic (exact) mass is 451 g/mol. The number of hydrogen-bond acceptors (Lipinski definition) is 8. The van der Waals surface area contributed by atoms with E-state index in [2.05, 4.69) is 10.3 Å². The Hall–Kier alpha value is -4.05. The molecule has 0 aliphatic rings. The van der Waals surface area contributed by atoms with Gasteiger partial charge in [-0.3, -0.25) is 20.2 Å². The predicted octanol–water partition coefficient (Wildman–Crippen LogP) is 5.28. The molecule has 10 heteroatoms. The van der Waals surface area contributed by atoms with Crippen molar-refractivity contribution in [3.8, 4) is 11.3 Å². The molecule has 0 bridgehead atoms. The van der Waals surface area contributed by atoms with E-state index in [0.29, 0.717) is 27.5 Å². The standard InChI is InChI=1S/C22H17N3O6S/c1-12(2)30-21(27)14-6-7-16-19(11-14)32-22(23-16)24-20(26)18-9-8-17(31-18)13-4-3-5-15(10-13)25(28)29/h3-12H,1-2H3,(H,23,24,26). The SMILES string of the molecule is CC(C)OC(=O)c1ccc2nc(NC(=O)c3ccc(-c4cccc([N+](=O)[O-])c4)o3)sc2c1. The zero-order valence-electron chi connectivity index (χ0n) is 17.0. The predicted molar refractivity (Wildman–Crippen MR) is 119 cm³/mol. The topological polar surface area (TPSA) is 125 Å². The molecule has 2 aromatic carbocycles. The molecular weight excluding hydrogens is 434 g/mol. The number of nitro benzene ring substituents is 1. The minimum Gasteiger partial charge on any atom is -0.459 e. The van der Waals surface area contributed by atoms with Crippen molar-refractivity contribution in [1.29, 1.82) is 0 Å². The summed E-state index contributed by atoms with van der Waals surface area (Å²) in [5.41, 5.74) is 1.44. The molecular formula is C22H17N3O6S. The van der Waals surface area contributed by atoms with Crippen molar-refractivity contribution in [2.24, 2.45) is 0 Å². The molecule has 2 heterocycles. The maximum absolute atomic E-state index is 12.6. The highest BCUT2D eigenvalue weighted by Crippen LogP contribution is 2.29. The number of hydrogen-bond donors (Lipinski definition) is 1. The Kier molecular flexibility index (Phi) is 5.69. The van der Waals surface area contributed by atoms with E-state index in [1.807, 2.05) is 0 Å². The molecule has 0 atom stereocenters. The van der Waals surface area contributed by atoms with E-state index in [1.54, 1.807) is 50.2 Å². The number of carbonyl (C=O) groups excluding carboxylic acids is 2. The van der Waals surface area contributed by atoms with Crippen LogP contribution >= 0.6 is 11.3 Å². The number of furan rings is 1. The fourth-order valence-corrected chi connectivity index (χ4v) is 3.83. The van der Waals surface area contributed by atoms with E-state index in [9.17, 15) is 19.7 Å². The van der Waals surface area contributed by atoms with Gasteiger partial charge in [-0.25, -0.2) is 9.78 Å². The van der Waals surface area contributed by atoms with Crippen molar-refractivity contribution in [2.45, 2.75) is 20.0 Å².